The summed E-state index contributed by atoms with van der Waals surface area (Å²) in [5.41, 5.74) is 4.28. The number of rotatable bonds is 3. The highest BCUT2D eigenvalue weighted by Crippen LogP contribution is 2.25. The van der Waals surface area contributed by atoms with E-state index in [0.717, 1.165) is 24.2 Å². The van der Waals surface area contributed by atoms with E-state index in [1.807, 2.05) is 24.1 Å². The van der Waals surface area contributed by atoms with Crippen LogP contribution in [0.3, 0.4) is 0 Å². The first-order valence-corrected chi connectivity index (χ1v) is 9.36. The molecule has 140 valence electrons. The summed E-state index contributed by atoms with van der Waals surface area (Å²) in [6, 6.07) is 8.07. The SMILES string of the molecule is Cc1ccc(C)c(OC2CCN(C(=O)c3c(C)nn4cccnc34)CC2)c1. The van der Waals surface area contributed by atoms with Gasteiger partial charge >= 0.3 is 0 Å². The highest BCUT2D eigenvalue weighted by atomic mass is 16.5. The monoisotopic (exact) mass is 364 g/mol. The van der Waals surface area contributed by atoms with E-state index >= 15 is 0 Å². The zero-order valence-electron chi connectivity index (χ0n) is 16.0. The smallest absolute Gasteiger partial charge is 0.259 e. The molecule has 0 aliphatic carbocycles. The number of amides is 1. The molecule has 0 bridgehead atoms. The summed E-state index contributed by atoms with van der Waals surface area (Å²) in [5, 5.41) is 4.40. The van der Waals surface area contributed by atoms with Crippen molar-refractivity contribution in [2.45, 2.75) is 39.7 Å². The lowest BCUT2D eigenvalue weighted by atomic mass is 10.1. The van der Waals surface area contributed by atoms with E-state index in [0.29, 0.717) is 30.0 Å². The van der Waals surface area contributed by atoms with Gasteiger partial charge in [0, 0.05) is 38.3 Å². The molecule has 27 heavy (non-hydrogen) atoms. The van der Waals surface area contributed by atoms with Crippen molar-refractivity contribution in [3.05, 3.63) is 59.0 Å². The molecule has 1 aromatic carbocycles. The first-order valence-electron chi connectivity index (χ1n) is 9.36. The number of aromatic nitrogens is 3. The van der Waals surface area contributed by atoms with Gasteiger partial charge in [0.05, 0.1) is 5.69 Å². The van der Waals surface area contributed by atoms with E-state index in [1.54, 1.807) is 10.7 Å². The third-order valence-corrected chi connectivity index (χ3v) is 5.15. The van der Waals surface area contributed by atoms with Crippen LogP contribution in [0.15, 0.2) is 36.7 Å². The van der Waals surface area contributed by atoms with Crippen LogP contribution in [0, 0.1) is 20.8 Å². The molecule has 1 aliphatic rings. The third kappa shape index (κ3) is 3.39. The Bertz CT molecular complexity index is 987. The number of aryl methyl sites for hydroxylation is 3. The number of hydrogen-bond acceptors (Lipinski definition) is 4. The molecule has 1 saturated heterocycles. The minimum atomic E-state index is 0.00591. The van der Waals surface area contributed by atoms with Crippen LogP contribution in [0.2, 0.25) is 0 Å². The average molecular weight is 364 g/mol. The molecule has 0 N–H and O–H groups in total. The zero-order chi connectivity index (χ0) is 19.0. The van der Waals surface area contributed by atoms with E-state index in [4.69, 9.17) is 4.74 Å². The largest absolute Gasteiger partial charge is 0.490 e. The predicted molar refractivity (Wildman–Crippen MR) is 103 cm³/mol. The molecular weight excluding hydrogens is 340 g/mol. The molecule has 1 amide bonds. The third-order valence-electron chi connectivity index (χ3n) is 5.15. The van der Waals surface area contributed by atoms with Gasteiger partial charge in [0.25, 0.3) is 5.91 Å². The van der Waals surface area contributed by atoms with Gasteiger partial charge in [-0.25, -0.2) is 9.50 Å². The second kappa shape index (κ2) is 7.02. The number of carbonyl (C=O) groups excluding carboxylic acids is 1. The summed E-state index contributed by atoms with van der Waals surface area (Å²) in [4.78, 5) is 19.3. The molecule has 1 aliphatic heterocycles. The fourth-order valence-corrected chi connectivity index (χ4v) is 3.60. The molecular formula is C21H24N4O2. The molecule has 3 aromatic rings. The van der Waals surface area contributed by atoms with Gasteiger partial charge in [-0.3, -0.25) is 4.79 Å². The molecule has 0 saturated carbocycles. The predicted octanol–water partition coefficient (Wildman–Crippen LogP) is 3.34. The van der Waals surface area contributed by atoms with Gasteiger partial charge in [-0.1, -0.05) is 12.1 Å². The van der Waals surface area contributed by atoms with Gasteiger partial charge in [-0.05, 0) is 44.0 Å². The molecule has 1 fully saturated rings. The van der Waals surface area contributed by atoms with Gasteiger partial charge in [-0.2, -0.15) is 5.10 Å². The van der Waals surface area contributed by atoms with Gasteiger partial charge in [0.15, 0.2) is 5.65 Å². The Morgan fingerprint density at radius 1 is 1.19 bits per heavy atom. The second-order valence-electron chi connectivity index (χ2n) is 7.23. The molecule has 0 radical (unpaired) electrons. The number of nitrogens with zero attached hydrogens (tertiary/aromatic N) is 4. The van der Waals surface area contributed by atoms with Crippen molar-refractivity contribution in [2.24, 2.45) is 0 Å². The summed E-state index contributed by atoms with van der Waals surface area (Å²) in [7, 11) is 0. The van der Waals surface area contributed by atoms with Gasteiger partial charge in [0.1, 0.15) is 17.4 Å². The second-order valence-corrected chi connectivity index (χ2v) is 7.23. The highest BCUT2D eigenvalue weighted by Gasteiger charge is 2.28. The van der Waals surface area contributed by atoms with Gasteiger partial charge in [-0.15, -0.1) is 0 Å². The Balaban J connectivity index is 1.45. The number of ether oxygens (including phenoxy) is 1. The lowest BCUT2D eigenvalue weighted by Gasteiger charge is -2.32. The van der Waals surface area contributed by atoms with E-state index < -0.39 is 0 Å². The van der Waals surface area contributed by atoms with Crippen LogP contribution in [0.1, 0.15) is 40.0 Å². The number of likely N-dealkylation sites (tertiary alicyclic amines) is 1. The van der Waals surface area contributed by atoms with Crippen molar-refractivity contribution in [1.82, 2.24) is 19.5 Å². The van der Waals surface area contributed by atoms with Crippen molar-refractivity contribution in [2.75, 3.05) is 13.1 Å². The maximum Gasteiger partial charge on any atom is 0.259 e. The summed E-state index contributed by atoms with van der Waals surface area (Å²) < 4.78 is 7.88. The average Bonchev–Trinajstić information content (AvgIpc) is 3.00. The standard InChI is InChI=1S/C21H24N4O2/c1-14-5-6-15(2)18(13-14)27-17-7-11-24(12-8-17)21(26)19-16(3)23-25-10-4-9-22-20(19)25/h4-6,9-10,13,17H,7-8,11-12H2,1-3H3. The fraction of sp³-hybridized carbons (Fsp3) is 0.381. The van der Waals surface area contributed by atoms with Crippen LogP contribution in [-0.2, 0) is 0 Å². The van der Waals surface area contributed by atoms with E-state index in [-0.39, 0.29) is 12.0 Å². The Morgan fingerprint density at radius 2 is 1.96 bits per heavy atom. The van der Waals surface area contributed by atoms with E-state index in [2.05, 4.69) is 42.1 Å². The summed E-state index contributed by atoms with van der Waals surface area (Å²) >= 11 is 0. The lowest BCUT2D eigenvalue weighted by Crippen LogP contribution is -2.42. The Labute approximate surface area is 158 Å². The molecule has 4 rings (SSSR count). The normalized spacial score (nSPS) is 15.3. The zero-order valence-corrected chi connectivity index (χ0v) is 16.0. The lowest BCUT2D eigenvalue weighted by molar-refractivity contribution is 0.0595. The van der Waals surface area contributed by atoms with E-state index in [1.165, 1.54) is 5.56 Å². The summed E-state index contributed by atoms with van der Waals surface area (Å²) in [6.07, 6.45) is 5.29. The molecule has 0 spiro atoms. The Hall–Kier alpha value is -2.89. The number of fused-ring (bicyclic) bond motifs is 1. The molecule has 3 heterocycles. The molecule has 0 atom stereocenters. The van der Waals surface area contributed by atoms with Crippen LogP contribution in [0.5, 0.6) is 5.75 Å². The maximum absolute atomic E-state index is 13.1. The fourth-order valence-electron chi connectivity index (χ4n) is 3.60. The minimum Gasteiger partial charge on any atom is -0.490 e. The minimum absolute atomic E-state index is 0.00591. The summed E-state index contributed by atoms with van der Waals surface area (Å²) in [6.45, 7) is 7.35. The quantitative estimate of drug-likeness (QED) is 0.715. The van der Waals surface area contributed by atoms with Crippen LogP contribution >= 0.6 is 0 Å². The maximum atomic E-state index is 13.1. The molecule has 2 aromatic heterocycles. The van der Waals surface area contributed by atoms with Crippen molar-refractivity contribution >= 4 is 11.6 Å². The first kappa shape index (κ1) is 17.5. The summed E-state index contributed by atoms with van der Waals surface area (Å²) in [5.74, 6) is 0.953. The van der Waals surface area contributed by atoms with Crippen LogP contribution in [0.25, 0.3) is 5.65 Å². The van der Waals surface area contributed by atoms with Crippen LogP contribution in [-0.4, -0.2) is 44.6 Å². The number of hydrogen-bond donors (Lipinski definition) is 0. The van der Waals surface area contributed by atoms with Crippen molar-refractivity contribution in [1.29, 1.82) is 0 Å². The molecule has 6 nitrogen and oxygen atoms in total. The van der Waals surface area contributed by atoms with E-state index in [9.17, 15) is 4.79 Å². The Kier molecular flexibility index (Phi) is 4.56. The molecule has 0 unspecified atom stereocenters. The highest BCUT2D eigenvalue weighted by molar-refractivity contribution is 6.01. The number of carbonyl (C=O) groups is 1. The van der Waals surface area contributed by atoms with Crippen molar-refractivity contribution in [3.8, 4) is 5.75 Å². The van der Waals surface area contributed by atoms with Crippen molar-refractivity contribution in [3.63, 3.8) is 0 Å². The first-order chi connectivity index (χ1) is 13.0. The van der Waals surface area contributed by atoms with Crippen LogP contribution < -0.4 is 4.74 Å². The van der Waals surface area contributed by atoms with Crippen molar-refractivity contribution < 1.29 is 9.53 Å². The number of piperidine rings is 1. The Morgan fingerprint density at radius 3 is 2.74 bits per heavy atom. The van der Waals surface area contributed by atoms with Crippen LogP contribution in [0.4, 0.5) is 0 Å². The van der Waals surface area contributed by atoms with Gasteiger partial charge in [0.2, 0.25) is 0 Å². The van der Waals surface area contributed by atoms with Gasteiger partial charge < -0.3 is 9.64 Å². The topological polar surface area (TPSA) is 59.7 Å². The molecule has 6 heteroatoms. The number of benzene rings is 1.